The molecule has 3 unspecified atom stereocenters. The fourth-order valence-electron chi connectivity index (χ4n) is 2.95. The van der Waals surface area contributed by atoms with Crippen LogP contribution in [-0.2, 0) is 9.63 Å². The lowest BCUT2D eigenvalue weighted by Gasteiger charge is -2.29. The van der Waals surface area contributed by atoms with Crippen LogP contribution < -0.4 is 5.48 Å². The Hall–Kier alpha value is -0.490. The van der Waals surface area contributed by atoms with Gasteiger partial charge in [0.25, 0.3) is 0 Å². The first-order chi connectivity index (χ1) is 11.0. The second kappa shape index (κ2) is 11.1. The molecule has 2 N–H and O–H groups in total. The number of ketones is 1. The number of carbonyl (C=O) groups excluding carboxylic acids is 1. The van der Waals surface area contributed by atoms with Gasteiger partial charge in [0, 0.05) is 23.6 Å². The lowest BCUT2D eigenvalue weighted by atomic mass is 9.81. The molecule has 6 heteroatoms. The molecule has 23 heavy (non-hydrogen) atoms. The minimum atomic E-state index is -0.283. The number of halogens is 1. The van der Waals surface area contributed by atoms with E-state index in [1.807, 2.05) is 18.7 Å². The summed E-state index contributed by atoms with van der Waals surface area (Å²) in [6.07, 6.45) is 4.37. The molecule has 1 aliphatic carbocycles. The topological polar surface area (TPSA) is 58.6 Å². The van der Waals surface area contributed by atoms with Crippen molar-refractivity contribution < 1.29 is 14.7 Å². The predicted molar refractivity (Wildman–Crippen MR) is 97.8 cm³/mol. The van der Waals surface area contributed by atoms with Gasteiger partial charge in [-0.3, -0.25) is 9.63 Å². The number of thioether (sulfide) groups is 1. The van der Waals surface area contributed by atoms with E-state index in [0.717, 1.165) is 12.2 Å². The first kappa shape index (κ1) is 20.6. The van der Waals surface area contributed by atoms with Gasteiger partial charge in [-0.25, -0.2) is 0 Å². The first-order valence-electron chi connectivity index (χ1n) is 8.22. The van der Waals surface area contributed by atoms with Gasteiger partial charge in [0.15, 0.2) is 5.78 Å². The van der Waals surface area contributed by atoms with Gasteiger partial charge in [-0.05, 0) is 30.6 Å². The molecule has 0 aromatic heterocycles. The van der Waals surface area contributed by atoms with Gasteiger partial charge in [-0.2, -0.15) is 17.2 Å². The third kappa shape index (κ3) is 6.87. The molecule has 0 amide bonds. The van der Waals surface area contributed by atoms with E-state index in [4.69, 9.17) is 16.4 Å². The summed E-state index contributed by atoms with van der Waals surface area (Å²) in [5.74, 6) is 1.56. The zero-order valence-electron chi connectivity index (χ0n) is 14.2. The van der Waals surface area contributed by atoms with E-state index in [-0.39, 0.29) is 23.5 Å². The molecule has 0 bridgehead atoms. The quantitative estimate of drug-likeness (QED) is 0.447. The maximum atomic E-state index is 12.5. The van der Waals surface area contributed by atoms with Crippen LogP contribution in [0.25, 0.3) is 0 Å². The molecule has 132 valence electrons. The molecule has 0 saturated heterocycles. The summed E-state index contributed by atoms with van der Waals surface area (Å²) in [6, 6.07) is -0.283. The molecule has 1 rings (SSSR count). The van der Waals surface area contributed by atoms with Crippen LogP contribution in [0.15, 0.2) is 22.9 Å². The first-order valence-corrected chi connectivity index (χ1v) is 9.71. The van der Waals surface area contributed by atoms with E-state index in [1.54, 1.807) is 6.08 Å². The average Bonchev–Trinajstić information content (AvgIpc) is 2.49. The second-order valence-corrected chi connectivity index (χ2v) is 7.78. The van der Waals surface area contributed by atoms with Gasteiger partial charge >= 0.3 is 0 Å². The van der Waals surface area contributed by atoms with Gasteiger partial charge < -0.3 is 5.11 Å². The Labute approximate surface area is 148 Å². The van der Waals surface area contributed by atoms with E-state index in [1.165, 1.54) is 5.54 Å². The standard InChI is InChI=1S/C17H28ClNO3S/c1-4-14(19-22-8-6-7-18)17-15(20)10-13(11-16(17)21)9-12(3)23-5-2/h6-7,12-14,19-20H,4-5,8-11H2,1-3H3/b7-6+. The van der Waals surface area contributed by atoms with E-state index < -0.39 is 0 Å². The van der Waals surface area contributed by atoms with Crippen LogP contribution in [0.3, 0.4) is 0 Å². The Morgan fingerprint density at radius 3 is 2.78 bits per heavy atom. The Kier molecular flexibility index (Phi) is 9.95. The van der Waals surface area contributed by atoms with Crippen LogP contribution in [0.1, 0.15) is 46.5 Å². The molecule has 0 radical (unpaired) electrons. The van der Waals surface area contributed by atoms with Crippen molar-refractivity contribution in [1.29, 1.82) is 0 Å². The third-order valence-electron chi connectivity index (χ3n) is 3.93. The fraction of sp³-hybridized carbons (Fsp3) is 0.706. The van der Waals surface area contributed by atoms with Gasteiger partial charge in [-0.1, -0.05) is 32.4 Å². The van der Waals surface area contributed by atoms with Crippen molar-refractivity contribution in [3.8, 4) is 0 Å². The summed E-state index contributed by atoms with van der Waals surface area (Å²) < 4.78 is 0. The zero-order valence-corrected chi connectivity index (χ0v) is 15.8. The molecule has 3 atom stereocenters. The molecule has 0 saturated carbocycles. The van der Waals surface area contributed by atoms with E-state index >= 15 is 0 Å². The van der Waals surface area contributed by atoms with Crippen molar-refractivity contribution in [3.63, 3.8) is 0 Å². The van der Waals surface area contributed by atoms with Gasteiger partial charge in [0.05, 0.1) is 18.2 Å². The maximum absolute atomic E-state index is 12.5. The average molecular weight is 362 g/mol. The maximum Gasteiger partial charge on any atom is 0.164 e. The summed E-state index contributed by atoms with van der Waals surface area (Å²) in [5.41, 5.74) is 4.72. The second-order valence-electron chi connectivity index (χ2n) is 5.81. The minimum absolute atomic E-state index is 0.0308. The number of allylic oxidation sites excluding steroid dienone is 1. The molecule has 0 aromatic rings. The lowest BCUT2D eigenvalue weighted by molar-refractivity contribution is -0.118. The number of aliphatic hydroxyl groups excluding tert-OH is 1. The summed E-state index contributed by atoms with van der Waals surface area (Å²) in [6.45, 7) is 6.60. The number of carbonyl (C=O) groups is 1. The van der Waals surface area contributed by atoms with E-state index in [2.05, 4.69) is 19.3 Å². The lowest BCUT2D eigenvalue weighted by Crippen LogP contribution is -2.37. The van der Waals surface area contributed by atoms with Crippen LogP contribution in [0.4, 0.5) is 0 Å². The predicted octanol–water partition coefficient (Wildman–Crippen LogP) is 4.36. The Bertz CT molecular complexity index is 440. The Morgan fingerprint density at radius 2 is 2.22 bits per heavy atom. The highest BCUT2D eigenvalue weighted by atomic mass is 35.5. The number of hydroxylamine groups is 1. The highest BCUT2D eigenvalue weighted by molar-refractivity contribution is 7.99. The van der Waals surface area contributed by atoms with Crippen LogP contribution >= 0.6 is 23.4 Å². The Morgan fingerprint density at radius 1 is 1.48 bits per heavy atom. The number of aliphatic hydroxyl groups is 1. The SMILES string of the molecule is CCSC(C)CC1CC(=O)C(C(CC)NOC/C=C/Cl)=C(O)C1. The van der Waals surface area contributed by atoms with E-state index in [0.29, 0.717) is 36.7 Å². The van der Waals surface area contributed by atoms with Crippen molar-refractivity contribution in [2.75, 3.05) is 12.4 Å². The van der Waals surface area contributed by atoms with Crippen molar-refractivity contribution in [3.05, 3.63) is 22.9 Å². The summed E-state index contributed by atoms with van der Waals surface area (Å²) in [5, 5.41) is 10.9. The molecule has 0 fully saturated rings. The largest absolute Gasteiger partial charge is 0.512 e. The van der Waals surface area contributed by atoms with E-state index in [9.17, 15) is 9.90 Å². The van der Waals surface area contributed by atoms with Crippen LogP contribution in [-0.4, -0.2) is 34.5 Å². The number of Topliss-reactive ketones (excluding diaryl/α,β-unsaturated/α-hetero) is 1. The molecule has 0 heterocycles. The summed E-state index contributed by atoms with van der Waals surface area (Å²) in [4.78, 5) is 17.8. The summed E-state index contributed by atoms with van der Waals surface area (Å²) in [7, 11) is 0. The van der Waals surface area contributed by atoms with Gasteiger partial charge in [0.2, 0.25) is 0 Å². The van der Waals surface area contributed by atoms with Crippen molar-refractivity contribution in [2.45, 2.75) is 57.7 Å². The molecule has 0 spiro atoms. The van der Waals surface area contributed by atoms with Gasteiger partial charge in [-0.15, -0.1) is 0 Å². The summed E-state index contributed by atoms with van der Waals surface area (Å²) >= 11 is 7.33. The molecule has 4 nitrogen and oxygen atoms in total. The Balaban J connectivity index is 2.68. The molecular weight excluding hydrogens is 334 g/mol. The van der Waals surface area contributed by atoms with Crippen molar-refractivity contribution >= 4 is 29.1 Å². The monoisotopic (exact) mass is 361 g/mol. The molecule has 0 aromatic carbocycles. The zero-order chi connectivity index (χ0) is 17.2. The number of nitrogens with one attached hydrogen (secondary N) is 1. The number of rotatable bonds is 10. The smallest absolute Gasteiger partial charge is 0.164 e. The van der Waals surface area contributed by atoms with Crippen LogP contribution in [0.5, 0.6) is 0 Å². The minimum Gasteiger partial charge on any atom is -0.512 e. The molecule has 1 aliphatic rings. The number of hydrogen-bond donors (Lipinski definition) is 2. The highest BCUT2D eigenvalue weighted by Gasteiger charge is 2.32. The van der Waals surface area contributed by atoms with Crippen LogP contribution in [0, 0.1) is 5.92 Å². The molecule has 0 aliphatic heterocycles. The fourth-order valence-corrected chi connectivity index (χ4v) is 4.00. The van der Waals surface area contributed by atoms with Crippen molar-refractivity contribution in [2.24, 2.45) is 5.92 Å². The highest BCUT2D eigenvalue weighted by Crippen LogP contribution is 2.33. The third-order valence-corrected chi connectivity index (χ3v) is 5.21. The number of hydrogen-bond acceptors (Lipinski definition) is 5. The van der Waals surface area contributed by atoms with Crippen molar-refractivity contribution in [1.82, 2.24) is 5.48 Å². The van der Waals surface area contributed by atoms with Gasteiger partial charge in [0.1, 0.15) is 5.76 Å². The normalized spacial score (nSPS) is 21.9. The van der Waals surface area contributed by atoms with Crippen LogP contribution in [0.2, 0.25) is 0 Å². The molecular formula is C17H28ClNO3S.